The SMILES string of the molecule is C.C.C1CN(C2COC2)CCN1.COc1cc2c(cc1-c1c(C)noc1C)[nH]c1nc(C)nc(-c3ccc(N)c(C(C)(C)C)c3)c12.COc1cc2c(cc1-c1c(C)noc1C)[nH]c1nc(C)nc(-c3ccc(NC(=O)N4CCN(C5COC5)CC4)c(C(C)(C)C)c3)c12.O=C(Cl)Oc1ccc([N+](=O)[O-])cc1. The number of methoxy groups -OCH3 is 2. The molecule has 27 heteroatoms. The number of aromatic nitrogens is 8. The third-order valence-corrected chi connectivity index (χ3v) is 19.2. The summed E-state index contributed by atoms with van der Waals surface area (Å²) in [6, 6.07) is 26.7. The van der Waals surface area contributed by atoms with Gasteiger partial charge in [0.2, 0.25) is 0 Å². The van der Waals surface area contributed by atoms with E-state index in [0.717, 1.165) is 198 Å². The van der Waals surface area contributed by atoms with E-state index in [1.165, 1.54) is 37.4 Å². The number of non-ortho nitro benzene ring substituents is 1. The first kappa shape index (κ1) is 77.5. The standard InChI is InChI=1S/C35H41N7O4.C27H29N5O2.C7H4ClNO4.C7H14N2O.2CH4/c1-19-30(20(2)46-40-19)25-15-28-24(16-29(25)44-7)31-32(36-21(3)37-33(31)38-28)22-8-9-27(26(14-22)35(4,5)6)39-34(43)42-12-10-41(11-13-42)23-17-45-18-23;1-13-23(14(2)34-32-13)18-11-21-17(12-22(18)33-7)24-25(29-15(3)30-26(24)31-21)16-8-9-20(28)19(10-16)27(4,5)6;8-7(10)13-6-3-1-5(2-4-6)9(11)12;1-3-9(4-2-8-1)7-5-10-6-7;;/h8-9,14-16,23H,10-13,17-18H2,1-7H3,(H,39,43)(H,36,37,38);8-12H,28H2,1-7H3,(H,29,30,31);1-4H;7-8H,1-6H2;2*1H4. The van der Waals surface area contributed by atoms with Crippen LogP contribution in [0.15, 0.2) is 94.0 Å². The van der Waals surface area contributed by atoms with Crippen LogP contribution in [-0.4, -0.2) is 176 Å². The lowest BCUT2D eigenvalue weighted by Crippen LogP contribution is -2.57. The minimum atomic E-state index is -0.978. The molecular formula is C78H96ClN15O11. The average molecular weight is 1460 g/mol. The fourth-order valence-corrected chi connectivity index (χ4v) is 13.7. The fraction of sp³-hybridized carbons (Fsp3) is 0.410. The number of H-pyrrole nitrogens is 2. The number of nitrogen functional groups attached to an aromatic ring is 1. The number of carbonyl (C=O) groups excluding carboxylic acids is 2. The number of hydrogen-bond donors (Lipinski definition) is 5. The van der Waals surface area contributed by atoms with Gasteiger partial charge in [0.05, 0.1) is 102 Å². The molecule has 6 aromatic heterocycles. The van der Waals surface area contributed by atoms with Gasteiger partial charge >= 0.3 is 11.5 Å². The molecule has 0 unspecified atom stereocenters. The first-order valence-electron chi connectivity index (χ1n) is 34.4. The van der Waals surface area contributed by atoms with Gasteiger partial charge < -0.3 is 64.0 Å². The highest BCUT2D eigenvalue weighted by Gasteiger charge is 2.33. The lowest BCUT2D eigenvalue weighted by Gasteiger charge is -2.42. The molecule has 4 fully saturated rings. The topological polar surface area (TPSA) is 318 Å². The quantitative estimate of drug-likeness (QED) is 0.0348. The zero-order valence-electron chi connectivity index (χ0n) is 60.6. The summed E-state index contributed by atoms with van der Waals surface area (Å²) >= 11 is 4.92. The van der Waals surface area contributed by atoms with Gasteiger partial charge in [-0.2, -0.15) is 0 Å². The molecule has 10 heterocycles. The number of nitro groups is 1. The number of carbonyl (C=O) groups is 2. The van der Waals surface area contributed by atoms with Crippen molar-refractivity contribution in [2.24, 2.45) is 0 Å². The minimum Gasteiger partial charge on any atom is -0.496 e. The number of amides is 2. The van der Waals surface area contributed by atoms with Crippen LogP contribution in [0.5, 0.6) is 17.2 Å². The second-order valence-corrected chi connectivity index (χ2v) is 28.6. The van der Waals surface area contributed by atoms with Gasteiger partial charge in [0.15, 0.2) is 0 Å². The van der Waals surface area contributed by atoms with E-state index in [4.69, 9.17) is 65.3 Å². The zero-order valence-corrected chi connectivity index (χ0v) is 61.4. The molecule has 0 atom stereocenters. The predicted octanol–water partition coefficient (Wildman–Crippen LogP) is 15.4. The van der Waals surface area contributed by atoms with Crippen LogP contribution in [0.2, 0.25) is 0 Å². The molecule has 0 spiro atoms. The number of benzene rings is 5. The van der Waals surface area contributed by atoms with Crippen molar-refractivity contribution in [1.82, 2.24) is 60.2 Å². The predicted molar refractivity (Wildman–Crippen MR) is 412 cm³/mol. The van der Waals surface area contributed by atoms with E-state index < -0.39 is 10.4 Å². The lowest BCUT2D eigenvalue weighted by atomic mass is 9.84. The Labute approximate surface area is 616 Å². The molecule has 15 rings (SSSR count). The molecule has 0 aliphatic carbocycles. The number of nitrogens with one attached hydrogen (secondary N) is 4. The molecular weight excluding hydrogens is 1360 g/mol. The van der Waals surface area contributed by atoms with Crippen molar-refractivity contribution in [3.05, 3.63) is 141 Å². The second-order valence-electron chi connectivity index (χ2n) is 28.3. The highest BCUT2D eigenvalue weighted by atomic mass is 35.5. The molecule has 6 N–H and O–H groups in total. The lowest BCUT2D eigenvalue weighted by molar-refractivity contribution is -0.384. The summed E-state index contributed by atoms with van der Waals surface area (Å²) in [7, 11) is 3.35. The summed E-state index contributed by atoms with van der Waals surface area (Å²) in [5.74, 6) is 4.46. The number of nitrogens with two attached hydrogens (primary N) is 1. The number of aryl methyl sites for hydroxylation is 6. The molecule has 11 aromatic rings. The molecule has 0 radical (unpaired) electrons. The van der Waals surface area contributed by atoms with Crippen molar-refractivity contribution in [3.63, 3.8) is 0 Å². The third-order valence-electron chi connectivity index (χ3n) is 19.1. The Morgan fingerprint density at radius 2 is 1.08 bits per heavy atom. The first-order valence-corrected chi connectivity index (χ1v) is 34.7. The van der Waals surface area contributed by atoms with Crippen LogP contribution >= 0.6 is 11.6 Å². The number of anilines is 2. The van der Waals surface area contributed by atoms with Gasteiger partial charge in [-0.3, -0.25) is 19.9 Å². The monoisotopic (exact) mass is 1450 g/mol. The summed E-state index contributed by atoms with van der Waals surface area (Å²) in [4.78, 5) is 66.5. The van der Waals surface area contributed by atoms with Crippen LogP contribution < -0.4 is 30.6 Å². The van der Waals surface area contributed by atoms with Crippen molar-refractivity contribution in [3.8, 4) is 62.0 Å². The van der Waals surface area contributed by atoms with Crippen molar-refractivity contribution >= 4 is 84.0 Å². The normalized spacial score (nSPS) is 15.1. The maximum atomic E-state index is 13.4. The molecule has 105 heavy (non-hydrogen) atoms. The molecule has 4 aliphatic heterocycles. The van der Waals surface area contributed by atoms with Gasteiger partial charge in [0.1, 0.15) is 51.7 Å². The van der Waals surface area contributed by atoms with Crippen LogP contribution in [0.25, 0.3) is 88.6 Å². The Kier molecular flexibility index (Phi) is 23.7. The largest absolute Gasteiger partial charge is 0.496 e. The highest BCUT2D eigenvalue weighted by molar-refractivity contribution is 6.61. The van der Waals surface area contributed by atoms with Gasteiger partial charge in [-0.15, -0.1) is 0 Å². The van der Waals surface area contributed by atoms with Crippen molar-refractivity contribution in [2.45, 2.75) is 121 Å². The number of ether oxygens (including phenoxy) is 5. The van der Waals surface area contributed by atoms with E-state index in [1.807, 2.05) is 82.8 Å². The number of nitro benzene ring substituents is 1. The van der Waals surface area contributed by atoms with Crippen LogP contribution in [0.3, 0.4) is 0 Å². The van der Waals surface area contributed by atoms with Crippen LogP contribution in [-0.2, 0) is 20.3 Å². The summed E-state index contributed by atoms with van der Waals surface area (Å²) in [5.41, 5.74) is 21.0. The number of aromatic amines is 2. The molecule has 0 saturated carbocycles. The van der Waals surface area contributed by atoms with E-state index in [9.17, 15) is 19.7 Å². The van der Waals surface area contributed by atoms with Crippen molar-refractivity contribution in [2.75, 3.05) is 104 Å². The highest BCUT2D eigenvalue weighted by Crippen LogP contribution is 2.45. The number of urea groups is 1. The summed E-state index contributed by atoms with van der Waals surface area (Å²) < 4.78 is 37.5. The van der Waals surface area contributed by atoms with Gasteiger partial charge in [-0.25, -0.2) is 29.5 Å². The number of hydrogen-bond acceptors (Lipinski definition) is 21. The molecule has 4 saturated heterocycles. The Morgan fingerprint density at radius 1 is 0.619 bits per heavy atom. The number of nitrogens with zero attached hydrogens (tertiary/aromatic N) is 10. The molecule has 4 aliphatic rings. The van der Waals surface area contributed by atoms with Crippen molar-refractivity contribution < 1.29 is 47.2 Å². The Bertz CT molecular complexity index is 4930. The summed E-state index contributed by atoms with van der Waals surface area (Å²) in [6.07, 6.45) is 0. The molecule has 0 bridgehead atoms. The maximum absolute atomic E-state index is 13.4. The number of piperazine rings is 2. The van der Waals surface area contributed by atoms with Gasteiger partial charge in [0.25, 0.3) is 5.69 Å². The van der Waals surface area contributed by atoms with E-state index in [-0.39, 0.29) is 43.2 Å². The number of rotatable bonds is 11. The van der Waals surface area contributed by atoms with Crippen LogP contribution in [0.1, 0.15) is 102 Å². The molecule has 556 valence electrons. The van der Waals surface area contributed by atoms with Crippen LogP contribution in [0.4, 0.5) is 26.7 Å². The zero-order chi connectivity index (χ0) is 73.3. The average Bonchev–Trinajstić information content (AvgIpc) is 1.60. The van der Waals surface area contributed by atoms with Crippen LogP contribution in [0, 0.1) is 51.7 Å². The Balaban J connectivity index is 0.000000173. The van der Waals surface area contributed by atoms with E-state index >= 15 is 0 Å². The Morgan fingerprint density at radius 3 is 1.49 bits per heavy atom. The minimum absolute atomic E-state index is 0. The fourth-order valence-electron chi connectivity index (χ4n) is 13.7. The summed E-state index contributed by atoms with van der Waals surface area (Å²) in [6.45, 7) is 35.8. The molecule has 26 nitrogen and oxygen atoms in total. The summed E-state index contributed by atoms with van der Waals surface area (Å²) in [5, 5.41) is 28.9. The maximum Gasteiger partial charge on any atom is 0.409 e. The molecule has 2 amide bonds. The van der Waals surface area contributed by atoms with Crippen molar-refractivity contribution in [1.29, 1.82) is 0 Å². The molecule has 5 aromatic carbocycles. The number of halogens is 1. The van der Waals surface area contributed by atoms with Gasteiger partial charge in [-0.05, 0) is 124 Å². The van der Waals surface area contributed by atoms with Gasteiger partial charge in [-0.1, -0.05) is 78.8 Å². The second kappa shape index (κ2) is 32.1. The van der Waals surface area contributed by atoms with E-state index in [2.05, 4.69) is 111 Å². The smallest absolute Gasteiger partial charge is 0.409 e. The Hall–Kier alpha value is -10.1. The van der Waals surface area contributed by atoms with E-state index in [0.29, 0.717) is 36.5 Å². The third kappa shape index (κ3) is 16.7. The number of fused-ring (bicyclic) bond motifs is 6. The van der Waals surface area contributed by atoms with Gasteiger partial charge in [0, 0.05) is 132 Å². The first-order chi connectivity index (χ1) is 49.1. The van der Waals surface area contributed by atoms with E-state index in [1.54, 1.807) is 14.2 Å².